The molecular formula is C18H23N3O2S. The van der Waals surface area contributed by atoms with Gasteiger partial charge in [0.25, 0.3) is 0 Å². The molecule has 1 N–H and O–H groups in total. The van der Waals surface area contributed by atoms with Crippen molar-refractivity contribution >= 4 is 17.2 Å². The van der Waals surface area contributed by atoms with Crippen LogP contribution in [0.25, 0.3) is 0 Å². The zero-order valence-corrected chi connectivity index (χ0v) is 14.6. The third kappa shape index (κ3) is 5.30. The normalized spacial score (nSPS) is 15.7. The summed E-state index contributed by atoms with van der Waals surface area (Å²) in [6.45, 7) is 0.403. The minimum atomic E-state index is 0.0759. The molecule has 1 amide bonds. The molecule has 1 aliphatic carbocycles. The minimum absolute atomic E-state index is 0.0759. The number of nitrogens with zero attached hydrogens (tertiary/aromatic N) is 2. The summed E-state index contributed by atoms with van der Waals surface area (Å²) in [5.41, 5.74) is 0.816. The van der Waals surface area contributed by atoms with Crippen LogP contribution in [0, 0.1) is 0 Å². The first-order chi connectivity index (χ1) is 11.8. The highest BCUT2D eigenvalue weighted by Crippen LogP contribution is 2.18. The second-order valence-corrected chi connectivity index (χ2v) is 7.09. The molecule has 1 aliphatic rings. The highest BCUT2D eigenvalue weighted by atomic mass is 32.1. The molecule has 2 heterocycles. The number of hydrogen-bond donors (Lipinski definition) is 1. The van der Waals surface area contributed by atoms with Crippen molar-refractivity contribution in [1.82, 2.24) is 15.3 Å². The number of pyridine rings is 1. The molecule has 1 saturated carbocycles. The van der Waals surface area contributed by atoms with Crippen LogP contribution >= 0.6 is 11.3 Å². The Labute approximate surface area is 146 Å². The second kappa shape index (κ2) is 8.78. The first-order valence-corrected chi connectivity index (χ1v) is 9.43. The van der Waals surface area contributed by atoms with Crippen molar-refractivity contribution in [3.05, 3.63) is 40.6 Å². The standard InChI is InChI=1S/C18H23N3O2S/c22-17(20-14-6-3-1-2-4-7-14)10-15-13-24-18(21-15)12-23-16-8-5-9-19-11-16/h5,8-9,11,13-14H,1-4,6-7,10,12H2,(H,20,22). The Morgan fingerprint density at radius 2 is 2.12 bits per heavy atom. The number of rotatable bonds is 6. The monoisotopic (exact) mass is 345 g/mol. The molecule has 0 bridgehead atoms. The molecule has 3 rings (SSSR count). The van der Waals surface area contributed by atoms with Gasteiger partial charge in [-0.2, -0.15) is 0 Å². The van der Waals surface area contributed by atoms with E-state index in [1.807, 2.05) is 17.5 Å². The van der Waals surface area contributed by atoms with Gasteiger partial charge in [-0.15, -0.1) is 11.3 Å². The lowest BCUT2D eigenvalue weighted by atomic mass is 10.1. The Balaban J connectivity index is 1.45. The van der Waals surface area contributed by atoms with Crippen LogP contribution in [-0.2, 0) is 17.8 Å². The number of carbonyl (C=O) groups is 1. The predicted molar refractivity (Wildman–Crippen MR) is 94.0 cm³/mol. The van der Waals surface area contributed by atoms with Crippen molar-refractivity contribution in [2.24, 2.45) is 0 Å². The average Bonchev–Trinajstić information content (AvgIpc) is 2.88. The average molecular weight is 345 g/mol. The summed E-state index contributed by atoms with van der Waals surface area (Å²) in [6, 6.07) is 4.04. The highest BCUT2D eigenvalue weighted by molar-refractivity contribution is 7.09. The van der Waals surface area contributed by atoms with Gasteiger partial charge in [-0.1, -0.05) is 25.7 Å². The van der Waals surface area contributed by atoms with Crippen LogP contribution in [0.1, 0.15) is 49.2 Å². The van der Waals surface area contributed by atoms with Crippen molar-refractivity contribution in [3.63, 3.8) is 0 Å². The van der Waals surface area contributed by atoms with Crippen LogP contribution in [0.2, 0.25) is 0 Å². The van der Waals surface area contributed by atoms with Crippen molar-refractivity contribution in [2.45, 2.75) is 57.6 Å². The summed E-state index contributed by atoms with van der Waals surface area (Å²) in [7, 11) is 0. The molecule has 24 heavy (non-hydrogen) atoms. The Hall–Kier alpha value is -1.95. The molecule has 0 radical (unpaired) electrons. The van der Waals surface area contributed by atoms with E-state index in [1.54, 1.807) is 12.4 Å². The molecule has 0 aromatic carbocycles. The van der Waals surface area contributed by atoms with Gasteiger partial charge in [0.2, 0.25) is 5.91 Å². The zero-order chi connectivity index (χ0) is 16.6. The van der Waals surface area contributed by atoms with Crippen LogP contribution in [0.3, 0.4) is 0 Å². The molecule has 0 atom stereocenters. The van der Waals surface area contributed by atoms with Crippen LogP contribution in [0.5, 0.6) is 5.75 Å². The largest absolute Gasteiger partial charge is 0.485 e. The fourth-order valence-electron chi connectivity index (χ4n) is 2.94. The van der Waals surface area contributed by atoms with E-state index in [0.29, 0.717) is 19.1 Å². The van der Waals surface area contributed by atoms with E-state index in [4.69, 9.17) is 4.74 Å². The number of hydrogen-bond acceptors (Lipinski definition) is 5. The maximum absolute atomic E-state index is 12.2. The molecule has 5 nitrogen and oxygen atoms in total. The van der Waals surface area contributed by atoms with E-state index >= 15 is 0 Å². The van der Waals surface area contributed by atoms with Crippen LogP contribution < -0.4 is 10.1 Å². The molecular weight excluding hydrogens is 322 g/mol. The summed E-state index contributed by atoms with van der Waals surface area (Å²) in [6.07, 6.45) is 11.0. The van der Waals surface area contributed by atoms with Gasteiger partial charge in [0.05, 0.1) is 18.3 Å². The summed E-state index contributed by atoms with van der Waals surface area (Å²) >= 11 is 1.52. The molecule has 0 spiro atoms. The lowest BCUT2D eigenvalue weighted by molar-refractivity contribution is -0.121. The van der Waals surface area contributed by atoms with Gasteiger partial charge < -0.3 is 10.1 Å². The molecule has 6 heteroatoms. The fourth-order valence-corrected chi connectivity index (χ4v) is 3.65. The topological polar surface area (TPSA) is 64.1 Å². The maximum Gasteiger partial charge on any atom is 0.226 e. The summed E-state index contributed by atoms with van der Waals surface area (Å²) < 4.78 is 5.63. The Kier molecular flexibility index (Phi) is 6.18. The third-order valence-corrected chi connectivity index (χ3v) is 5.03. The Morgan fingerprint density at radius 3 is 2.88 bits per heavy atom. The quantitative estimate of drug-likeness (QED) is 0.814. The number of thiazole rings is 1. The van der Waals surface area contributed by atoms with Gasteiger partial charge in [0.15, 0.2) is 0 Å². The first kappa shape index (κ1) is 16.9. The first-order valence-electron chi connectivity index (χ1n) is 8.55. The molecule has 0 unspecified atom stereocenters. The third-order valence-electron chi connectivity index (χ3n) is 4.16. The SMILES string of the molecule is O=C(Cc1csc(COc2cccnc2)n1)NC1CCCCCC1. The summed E-state index contributed by atoms with van der Waals surface area (Å²) in [5.74, 6) is 0.798. The number of aromatic nitrogens is 2. The molecule has 2 aromatic heterocycles. The van der Waals surface area contributed by atoms with Gasteiger partial charge in [-0.05, 0) is 25.0 Å². The Bertz CT molecular complexity index is 637. The van der Waals surface area contributed by atoms with E-state index in [0.717, 1.165) is 29.3 Å². The van der Waals surface area contributed by atoms with E-state index in [-0.39, 0.29) is 5.91 Å². The maximum atomic E-state index is 12.2. The smallest absolute Gasteiger partial charge is 0.226 e. The molecule has 0 saturated heterocycles. The minimum Gasteiger partial charge on any atom is -0.485 e. The zero-order valence-electron chi connectivity index (χ0n) is 13.7. The number of ether oxygens (including phenoxy) is 1. The van der Waals surface area contributed by atoms with Gasteiger partial charge in [0, 0.05) is 17.6 Å². The van der Waals surface area contributed by atoms with Crippen LogP contribution in [0.4, 0.5) is 0 Å². The highest BCUT2D eigenvalue weighted by Gasteiger charge is 2.15. The summed E-state index contributed by atoms with van der Waals surface area (Å²) in [5, 5.41) is 5.97. The van der Waals surface area contributed by atoms with E-state index in [1.165, 1.54) is 37.0 Å². The van der Waals surface area contributed by atoms with E-state index < -0.39 is 0 Å². The van der Waals surface area contributed by atoms with Crippen molar-refractivity contribution in [1.29, 1.82) is 0 Å². The summed E-state index contributed by atoms with van der Waals surface area (Å²) in [4.78, 5) is 20.7. The molecule has 0 aliphatic heterocycles. The second-order valence-electron chi connectivity index (χ2n) is 6.14. The van der Waals surface area contributed by atoms with Gasteiger partial charge in [0.1, 0.15) is 17.4 Å². The molecule has 1 fully saturated rings. The van der Waals surface area contributed by atoms with E-state index in [9.17, 15) is 4.79 Å². The van der Waals surface area contributed by atoms with E-state index in [2.05, 4.69) is 15.3 Å². The Morgan fingerprint density at radius 1 is 1.29 bits per heavy atom. The lowest BCUT2D eigenvalue weighted by Gasteiger charge is -2.15. The number of nitrogens with one attached hydrogen (secondary N) is 1. The van der Waals surface area contributed by atoms with Crippen LogP contribution in [0.15, 0.2) is 29.9 Å². The molecule has 2 aromatic rings. The van der Waals surface area contributed by atoms with Crippen molar-refractivity contribution in [3.8, 4) is 5.75 Å². The van der Waals surface area contributed by atoms with Gasteiger partial charge in [-0.3, -0.25) is 9.78 Å². The predicted octanol–water partition coefficient (Wildman–Crippen LogP) is 3.50. The van der Waals surface area contributed by atoms with Crippen LogP contribution in [-0.4, -0.2) is 21.9 Å². The van der Waals surface area contributed by atoms with Crippen molar-refractivity contribution in [2.75, 3.05) is 0 Å². The van der Waals surface area contributed by atoms with Gasteiger partial charge >= 0.3 is 0 Å². The van der Waals surface area contributed by atoms with Gasteiger partial charge in [-0.25, -0.2) is 4.98 Å². The van der Waals surface area contributed by atoms with Crippen molar-refractivity contribution < 1.29 is 9.53 Å². The number of carbonyl (C=O) groups excluding carboxylic acids is 1. The molecule has 128 valence electrons. The fraction of sp³-hybridized carbons (Fsp3) is 0.500. The number of amides is 1. The lowest BCUT2D eigenvalue weighted by Crippen LogP contribution is -2.35.